The predicted octanol–water partition coefficient (Wildman–Crippen LogP) is 10.2. The van der Waals surface area contributed by atoms with E-state index < -0.39 is 0 Å². The highest BCUT2D eigenvalue weighted by Gasteiger charge is 2.19. The van der Waals surface area contributed by atoms with Crippen LogP contribution in [0.3, 0.4) is 0 Å². The lowest BCUT2D eigenvalue weighted by molar-refractivity contribution is 0.764. The van der Waals surface area contributed by atoms with Gasteiger partial charge in [0, 0.05) is 23.2 Å². The maximum Gasteiger partial charge on any atom is 0.0701 e. The molecule has 0 saturated heterocycles. The van der Waals surface area contributed by atoms with Gasteiger partial charge < -0.3 is 5.32 Å². The van der Waals surface area contributed by atoms with E-state index in [2.05, 4.69) is 144 Å². The van der Waals surface area contributed by atoms with Crippen molar-refractivity contribution in [2.75, 3.05) is 0 Å². The van der Waals surface area contributed by atoms with Gasteiger partial charge in [0.1, 0.15) is 0 Å². The van der Waals surface area contributed by atoms with Crippen molar-refractivity contribution in [3.05, 3.63) is 162 Å². The number of hydrogen-bond acceptors (Lipinski definition) is 2. The van der Waals surface area contributed by atoms with E-state index in [4.69, 9.17) is 0 Å². The first-order valence-corrected chi connectivity index (χ1v) is 15.1. The van der Waals surface area contributed by atoms with E-state index in [-0.39, 0.29) is 6.04 Å². The van der Waals surface area contributed by atoms with E-state index in [1.54, 1.807) is 0 Å². The highest BCUT2D eigenvalue weighted by Crippen LogP contribution is 2.44. The monoisotopic (exact) mass is 552 g/mol. The Labute approximate surface area is 252 Å². The van der Waals surface area contributed by atoms with E-state index in [9.17, 15) is 0 Å². The zero-order chi connectivity index (χ0) is 28.8. The highest BCUT2D eigenvalue weighted by atomic mass is 14.9. The van der Waals surface area contributed by atoms with Gasteiger partial charge in [0.2, 0.25) is 0 Å². The fourth-order valence-corrected chi connectivity index (χ4v) is 6.84. The molecule has 0 radical (unpaired) electrons. The number of rotatable bonds is 4. The fourth-order valence-electron chi connectivity index (χ4n) is 6.84. The minimum atomic E-state index is 0.0785. The molecular weight excluding hydrogens is 520 g/mol. The standard InChI is InChI=1S/C41H32N2/c1-27-24-31(22-23-42-27)39-19-9-18-38(43-39)30-12-8-13-32(26-30)40-34-14-4-6-16-36(34)41(37-17-7-5-15-35(37)40)33-21-20-28-10-2-3-11-29(28)25-33/h2,4-10,12-26,38,43H,3,11H2,1H3. The van der Waals surface area contributed by atoms with Crippen LogP contribution >= 0.6 is 0 Å². The normalized spacial score (nSPS) is 15.7. The summed E-state index contributed by atoms with van der Waals surface area (Å²) in [5, 5.41) is 8.92. The van der Waals surface area contributed by atoms with Crippen LogP contribution in [-0.2, 0) is 6.42 Å². The van der Waals surface area contributed by atoms with Crippen molar-refractivity contribution in [1.29, 1.82) is 0 Å². The van der Waals surface area contributed by atoms with Gasteiger partial charge in [-0.1, -0.05) is 109 Å². The molecule has 1 unspecified atom stereocenters. The third-order valence-electron chi connectivity index (χ3n) is 8.86. The number of aryl methyl sites for hydroxylation is 2. The summed E-state index contributed by atoms with van der Waals surface area (Å²) < 4.78 is 0. The first-order valence-electron chi connectivity index (χ1n) is 15.1. The number of allylic oxidation sites excluding steroid dienone is 3. The molecule has 2 aliphatic rings. The smallest absolute Gasteiger partial charge is 0.0701 e. The number of fused-ring (bicyclic) bond motifs is 3. The van der Waals surface area contributed by atoms with Crippen LogP contribution in [-0.4, -0.2) is 4.98 Å². The molecule has 5 aromatic carbocycles. The van der Waals surface area contributed by atoms with Gasteiger partial charge in [-0.25, -0.2) is 0 Å². The first-order chi connectivity index (χ1) is 21.2. The first kappa shape index (κ1) is 25.5. The van der Waals surface area contributed by atoms with Gasteiger partial charge in [-0.3, -0.25) is 4.98 Å². The summed E-state index contributed by atoms with van der Waals surface area (Å²) in [6.07, 6.45) is 15.2. The Morgan fingerprint density at radius 1 is 0.698 bits per heavy atom. The molecule has 2 heteroatoms. The van der Waals surface area contributed by atoms with Gasteiger partial charge in [-0.15, -0.1) is 0 Å². The molecule has 1 aromatic heterocycles. The Hall–Kier alpha value is -5.21. The lowest BCUT2D eigenvalue weighted by Gasteiger charge is -2.24. The average Bonchev–Trinajstić information content (AvgIpc) is 3.07. The number of nitrogens with one attached hydrogen (secondary N) is 1. The van der Waals surface area contributed by atoms with E-state index >= 15 is 0 Å². The molecule has 206 valence electrons. The largest absolute Gasteiger partial charge is 0.374 e. The van der Waals surface area contributed by atoms with E-state index in [0.29, 0.717) is 0 Å². The van der Waals surface area contributed by atoms with Crippen molar-refractivity contribution in [2.24, 2.45) is 0 Å². The molecule has 1 aliphatic heterocycles. The van der Waals surface area contributed by atoms with Crippen LogP contribution in [0.25, 0.3) is 55.6 Å². The second-order valence-electron chi connectivity index (χ2n) is 11.6. The average molecular weight is 553 g/mol. The molecule has 2 heterocycles. The van der Waals surface area contributed by atoms with Gasteiger partial charge in [0.15, 0.2) is 0 Å². The molecular formula is C41H32N2. The fraction of sp³-hybridized carbons (Fsp3) is 0.0976. The van der Waals surface area contributed by atoms with Crippen LogP contribution in [0.15, 0.2) is 134 Å². The Morgan fingerprint density at radius 2 is 1.42 bits per heavy atom. The van der Waals surface area contributed by atoms with Crippen LogP contribution in [0.4, 0.5) is 0 Å². The van der Waals surface area contributed by atoms with Gasteiger partial charge in [0.05, 0.1) is 6.04 Å². The lowest BCUT2D eigenvalue weighted by atomic mass is 9.84. The molecule has 1 aliphatic carbocycles. The van der Waals surface area contributed by atoms with Gasteiger partial charge in [-0.2, -0.15) is 0 Å². The van der Waals surface area contributed by atoms with Crippen molar-refractivity contribution in [3.63, 3.8) is 0 Å². The molecule has 0 saturated carbocycles. The Kier molecular flexibility index (Phi) is 6.26. The number of benzene rings is 5. The Morgan fingerprint density at radius 3 is 2.14 bits per heavy atom. The molecule has 1 atom stereocenters. The van der Waals surface area contributed by atoms with Gasteiger partial charge >= 0.3 is 0 Å². The van der Waals surface area contributed by atoms with Gasteiger partial charge in [0.25, 0.3) is 0 Å². The van der Waals surface area contributed by atoms with Crippen molar-refractivity contribution in [3.8, 4) is 22.3 Å². The molecule has 43 heavy (non-hydrogen) atoms. The van der Waals surface area contributed by atoms with Crippen LogP contribution in [0.2, 0.25) is 0 Å². The van der Waals surface area contributed by atoms with Crippen molar-refractivity contribution < 1.29 is 0 Å². The molecule has 0 spiro atoms. The molecule has 1 N–H and O–H groups in total. The molecule has 6 aromatic rings. The number of nitrogens with zero attached hydrogens (tertiary/aromatic N) is 1. The summed E-state index contributed by atoms with van der Waals surface area (Å²) in [4.78, 5) is 4.38. The molecule has 0 bridgehead atoms. The number of pyridine rings is 1. The zero-order valence-electron chi connectivity index (χ0n) is 24.2. The van der Waals surface area contributed by atoms with Crippen LogP contribution in [0.1, 0.15) is 40.4 Å². The predicted molar refractivity (Wildman–Crippen MR) is 182 cm³/mol. The Bertz CT molecular complexity index is 2070. The summed E-state index contributed by atoms with van der Waals surface area (Å²) in [5.41, 5.74) is 12.5. The van der Waals surface area contributed by atoms with Gasteiger partial charge in [-0.05, 0) is 105 Å². The van der Waals surface area contributed by atoms with Crippen LogP contribution < -0.4 is 5.32 Å². The van der Waals surface area contributed by atoms with Crippen molar-refractivity contribution in [2.45, 2.75) is 25.8 Å². The van der Waals surface area contributed by atoms with Crippen molar-refractivity contribution >= 4 is 33.3 Å². The van der Waals surface area contributed by atoms with Crippen LogP contribution in [0.5, 0.6) is 0 Å². The molecule has 0 fully saturated rings. The van der Waals surface area contributed by atoms with E-state index in [0.717, 1.165) is 29.8 Å². The molecule has 2 nitrogen and oxygen atoms in total. The topological polar surface area (TPSA) is 24.9 Å². The summed E-state index contributed by atoms with van der Waals surface area (Å²) in [6.45, 7) is 2.03. The summed E-state index contributed by atoms with van der Waals surface area (Å²) in [6, 6.07) is 38.2. The Balaban J connectivity index is 1.27. The van der Waals surface area contributed by atoms with E-state index in [1.807, 2.05) is 13.1 Å². The number of hydrogen-bond donors (Lipinski definition) is 1. The SMILES string of the molecule is Cc1cc(C2=CC=CC(c3cccc(-c4c5ccccc5c(-c5ccc6c(c5)CCC=C6)c5ccccc45)c3)N2)ccn1. The third-order valence-corrected chi connectivity index (χ3v) is 8.86. The highest BCUT2D eigenvalue weighted by molar-refractivity contribution is 6.21. The second kappa shape index (κ2) is 10.6. The second-order valence-corrected chi connectivity index (χ2v) is 11.6. The van der Waals surface area contributed by atoms with E-state index in [1.165, 1.54) is 60.5 Å². The summed E-state index contributed by atoms with van der Waals surface area (Å²) >= 11 is 0. The zero-order valence-corrected chi connectivity index (χ0v) is 24.2. The third kappa shape index (κ3) is 4.56. The summed E-state index contributed by atoms with van der Waals surface area (Å²) in [7, 11) is 0. The summed E-state index contributed by atoms with van der Waals surface area (Å²) in [5.74, 6) is 0. The maximum absolute atomic E-state index is 4.38. The van der Waals surface area contributed by atoms with Crippen LogP contribution in [0, 0.1) is 6.92 Å². The number of aromatic nitrogens is 1. The molecule has 0 amide bonds. The minimum absolute atomic E-state index is 0.0785. The number of dihydropyridines is 1. The minimum Gasteiger partial charge on any atom is -0.374 e. The van der Waals surface area contributed by atoms with Crippen molar-refractivity contribution in [1.82, 2.24) is 10.3 Å². The maximum atomic E-state index is 4.38. The molecule has 8 rings (SSSR count). The lowest BCUT2D eigenvalue weighted by Crippen LogP contribution is -2.20. The quantitative estimate of drug-likeness (QED) is 0.220.